The summed E-state index contributed by atoms with van der Waals surface area (Å²) in [7, 11) is 0. The lowest BCUT2D eigenvalue weighted by Crippen LogP contribution is -2.46. The molecule has 1 saturated heterocycles. The molecule has 0 atom stereocenters. The Morgan fingerprint density at radius 1 is 1.24 bits per heavy atom. The van der Waals surface area contributed by atoms with Gasteiger partial charge in [0.2, 0.25) is 5.82 Å². The van der Waals surface area contributed by atoms with Crippen LogP contribution in [0.4, 0.5) is 11.5 Å². The van der Waals surface area contributed by atoms with Crippen LogP contribution in [-0.2, 0) is 6.54 Å². The topological polar surface area (TPSA) is 62.5 Å². The molecule has 0 aromatic carbocycles. The van der Waals surface area contributed by atoms with E-state index in [1.165, 1.54) is 10.9 Å². The molecule has 0 saturated carbocycles. The van der Waals surface area contributed by atoms with Crippen LogP contribution >= 0.6 is 11.3 Å². The van der Waals surface area contributed by atoms with E-state index in [1.807, 2.05) is 4.90 Å². The summed E-state index contributed by atoms with van der Waals surface area (Å²) in [6, 6.07) is 7.32. The first-order valence-electron chi connectivity index (χ1n) is 6.83. The van der Waals surface area contributed by atoms with Gasteiger partial charge in [-0.2, -0.15) is 0 Å². The summed E-state index contributed by atoms with van der Waals surface area (Å²) < 4.78 is 0. The second-order valence-corrected chi connectivity index (χ2v) is 5.98. The van der Waals surface area contributed by atoms with E-state index in [0.29, 0.717) is 5.82 Å². The SMILES string of the molecule is O=[N+]([O-])c1cccnc1N1CCN(Cc2cccs2)CC1. The molecule has 3 heterocycles. The molecule has 2 aromatic heterocycles. The van der Waals surface area contributed by atoms with Crippen molar-refractivity contribution in [3.8, 4) is 0 Å². The number of piperazine rings is 1. The van der Waals surface area contributed by atoms with Gasteiger partial charge in [0.25, 0.3) is 0 Å². The van der Waals surface area contributed by atoms with Crippen molar-refractivity contribution in [2.24, 2.45) is 0 Å². The summed E-state index contributed by atoms with van der Waals surface area (Å²) in [6.45, 7) is 4.28. The molecule has 0 radical (unpaired) electrons. The highest BCUT2D eigenvalue weighted by molar-refractivity contribution is 7.09. The normalized spacial score (nSPS) is 16.1. The zero-order chi connectivity index (χ0) is 14.7. The Hall–Kier alpha value is -1.99. The van der Waals surface area contributed by atoms with Crippen molar-refractivity contribution in [3.05, 3.63) is 50.8 Å². The van der Waals surface area contributed by atoms with Crippen LogP contribution in [0.2, 0.25) is 0 Å². The van der Waals surface area contributed by atoms with Gasteiger partial charge in [-0.1, -0.05) is 6.07 Å². The zero-order valence-electron chi connectivity index (χ0n) is 11.5. The molecule has 7 heteroatoms. The standard InChI is InChI=1S/C14H16N4O2S/c19-18(20)13-4-1-5-15-14(13)17-8-6-16(7-9-17)11-12-3-2-10-21-12/h1-5,10H,6-9,11H2. The number of nitrogens with zero attached hydrogens (tertiary/aromatic N) is 4. The number of pyridine rings is 1. The van der Waals surface area contributed by atoms with Crippen molar-refractivity contribution >= 4 is 22.8 Å². The van der Waals surface area contributed by atoms with Gasteiger partial charge in [0.1, 0.15) is 0 Å². The highest BCUT2D eigenvalue weighted by Crippen LogP contribution is 2.26. The predicted octanol–water partition coefficient (Wildman–Crippen LogP) is 2.37. The summed E-state index contributed by atoms with van der Waals surface area (Å²) in [5.41, 5.74) is 0.0872. The number of nitro groups is 1. The molecule has 0 bridgehead atoms. The smallest absolute Gasteiger partial charge is 0.311 e. The van der Waals surface area contributed by atoms with Crippen LogP contribution in [0.3, 0.4) is 0 Å². The van der Waals surface area contributed by atoms with Gasteiger partial charge in [0.05, 0.1) is 4.92 Å². The van der Waals surface area contributed by atoms with Crippen molar-refractivity contribution in [2.75, 3.05) is 31.1 Å². The van der Waals surface area contributed by atoms with E-state index in [4.69, 9.17) is 0 Å². The highest BCUT2D eigenvalue weighted by atomic mass is 32.1. The summed E-state index contributed by atoms with van der Waals surface area (Å²) in [5, 5.41) is 13.2. The second-order valence-electron chi connectivity index (χ2n) is 4.95. The lowest BCUT2D eigenvalue weighted by atomic mass is 10.2. The molecule has 3 rings (SSSR count). The fourth-order valence-electron chi connectivity index (χ4n) is 2.52. The van der Waals surface area contributed by atoms with Gasteiger partial charge in [-0.25, -0.2) is 4.98 Å². The Labute approximate surface area is 126 Å². The van der Waals surface area contributed by atoms with E-state index in [-0.39, 0.29) is 10.6 Å². The molecule has 0 unspecified atom stereocenters. The quantitative estimate of drug-likeness (QED) is 0.641. The summed E-state index contributed by atoms with van der Waals surface area (Å²) >= 11 is 1.76. The van der Waals surface area contributed by atoms with E-state index in [0.717, 1.165) is 32.7 Å². The third-order valence-electron chi connectivity index (χ3n) is 3.59. The summed E-state index contributed by atoms with van der Waals surface area (Å²) in [6.07, 6.45) is 1.61. The number of thiophene rings is 1. The van der Waals surface area contributed by atoms with Crippen LogP contribution in [0.15, 0.2) is 35.8 Å². The van der Waals surface area contributed by atoms with Gasteiger partial charge in [-0.05, 0) is 17.5 Å². The second kappa shape index (κ2) is 6.19. The zero-order valence-corrected chi connectivity index (χ0v) is 12.3. The van der Waals surface area contributed by atoms with E-state index in [9.17, 15) is 10.1 Å². The van der Waals surface area contributed by atoms with E-state index in [2.05, 4.69) is 27.4 Å². The molecule has 2 aromatic rings. The van der Waals surface area contributed by atoms with Crippen molar-refractivity contribution in [3.63, 3.8) is 0 Å². The minimum Gasteiger partial charge on any atom is -0.348 e. The largest absolute Gasteiger partial charge is 0.348 e. The van der Waals surface area contributed by atoms with E-state index in [1.54, 1.807) is 23.6 Å². The minimum atomic E-state index is -0.361. The Balaban J connectivity index is 1.64. The predicted molar refractivity (Wildman–Crippen MR) is 82.7 cm³/mol. The van der Waals surface area contributed by atoms with Crippen LogP contribution < -0.4 is 4.90 Å². The molecule has 0 aliphatic carbocycles. The maximum absolute atomic E-state index is 11.1. The Morgan fingerprint density at radius 3 is 2.71 bits per heavy atom. The molecule has 1 aliphatic heterocycles. The first-order chi connectivity index (χ1) is 10.2. The number of rotatable bonds is 4. The maximum atomic E-state index is 11.1. The highest BCUT2D eigenvalue weighted by Gasteiger charge is 2.24. The molecule has 0 N–H and O–H groups in total. The fourth-order valence-corrected chi connectivity index (χ4v) is 3.26. The van der Waals surface area contributed by atoms with Crippen LogP contribution in [0.1, 0.15) is 4.88 Å². The van der Waals surface area contributed by atoms with Crippen LogP contribution in [0, 0.1) is 10.1 Å². The number of hydrogen-bond donors (Lipinski definition) is 0. The summed E-state index contributed by atoms with van der Waals surface area (Å²) in [5.74, 6) is 0.485. The summed E-state index contributed by atoms with van der Waals surface area (Å²) in [4.78, 5) is 20.6. The van der Waals surface area contributed by atoms with Gasteiger partial charge in [-0.3, -0.25) is 15.0 Å². The molecule has 110 valence electrons. The van der Waals surface area contributed by atoms with E-state index >= 15 is 0 Å². The first-order valence-corrected chi connectivity index (χ1v) is 7.71. The first kappa shape index (κ1) is 14.0. The maximum Gasteiger partial charge on any atom is 0.311 e. The van der Waals surface area contributed by atoms with Crippen molar-refractivity contribution in [1.29, 1.82) is 0 Å². The van der Waals surface area contributed by atoms with Crippen LogP contribution in [0.25, 0.3) is 0 Å². The van der Waals surface area contributed by atoms with Gasteiger partial charge in [0.15, 0.2) is 0 Å². The lowest BCUT2D eigenvalue weighted by Gasteiger charge is -2.34. The number of anilines is 1. The number of hydrogen-bond acceptors (Lipinski definition) is 6. The average Bonchev–Trinajstić information content (AvgIpc) is 3.01. The van der Waals surface area contributed by atoms with Gasteiger partial charge < -0.3 is 4.90 Å². The Morgan fingerprint density at radius 2 is 2.05 bits per heavy atom. The fraction of sp³-hybridized carbons (Fsp3) is 0.357. The molecular formula is C14H16N4O2S. The van der Waals surface area contributed by atoms with Crippen molar-refractivity contribution in [2.45, 2.75) is 6.54 Å². The third-order valence-corrected chi connectivity index (χ3v) is 4.46. The Kier molecular flexibility index (Phi) is 4.12. The molecule has 1 aliphatic rings. The van der Waals surface area contributed by atoms with Gasteiger partial charge in [0, 0.05) is 49.9 Å². The van der Waals surface area contributed by atoms with Crippen molar-refractivity contribution < 1.29 is 4.92 Å². The van der Waals surface area contributed by atoms with Crippen molar-refractivity contribution in [1.82, 2.24) is 9.88 Å². The van der Waals surface area contributed by atoms with E-state index < -0.39 is 0 Å². The minimum absolute atomic E-state index is 0.0872. The molecular weight excluding hydrogens is 288 g/mol. The Bertz CT molecular complexity index is 609. The lowest BCUT2D eigenvalue weighted by molar-refractivity contribution is -0.384. The molecule has 1 fully saturated rings. The van der Waals surface area contributed by atoms with Crippen LogP contribution in [-0.4, -0.2) is 41.0 Å². The molecule has 6 nitrogen and oxygen atoms in total. The van der Waals surface area contributed by atoms with Gasteiger partial charge in [-0.15, -0.1) is 11.3 Å². The average molecular weight is 304 g/mol. The van der Waals surface area contributed by atoms with Crippen LogP contribution in [0.5, 0.6) is 0 Å². The molecule has 21 heavy (non-hydrogen) atoms. The van der Waals surface area contributed by atoms with Gasteiger partial charge >= 0.3 is 5.69 Å². The monoisotopic (exact) mass is 304 g/mol. The number of aromatic nitrogens is 1. The molecule has 0 amide bonds. The third kappa shape index (κ3) is 3.20. The molecule has 0 spiro atoms.